The fourth-order valence-corrected chi connectivity index (χ4v) is 5.68. The van der Waals surface area contributed by atoms with Crippen molar-refractivity contribution in [1.29, 1.82) is 0 Å². The average molecular weight is 557 g/mol. The van der Waals surface area contributed by atoms with Gasteiger partial charge in [0.05, 0.1) is 23.2 Å². The quantitative estimate of drug-likeness (QED) is 0.277. The summed E-state index contributed by atoms with van der Waals surface area (Å²) in [4.78, 5) is 14.7. The van der Waals surface area contributed by atoms with E-state index in [2.05, 4.69) is 59.4 Å². The highest BCUT2D eigenvalue weighted by Crippen LogP contribution is 2.31. The molecule has 1 aliphatic heterocycles. The van der Waals surface area contributed by atoms with Crippen LogP contribution < -0.4 is 5.73 Å². The van der Waals surface area contributed by atoms with Crippen LogP contribution in [-0.2, 0) is 22.6 Å². The number of hydrogen-bond acceptors (Lipinski definition) is 8. The largest absolute Gasteiger partial charge is 0.382 e. The van der Waals surface area contributed by atoms with Crippen molar-refractivity contribution in [2.45, 2.75) is 71.0 Å². The van der Waals surface area contributed by atoms with Gasteiger partial charge in [0.25, 0.3) is 0 Å². The maximum atomic E-state index is 6.46. The van der Waals surface area contributed by atoms with E-state index >= 15 is 0 Å². The molecule has 0 spiro atoms. The minimum atomic E-state index is -0.372. The lowest BCUT2D eigenvalue weighted by atomic mass is 10.1. The van der Waals surface area contributed by atoms with Gasteiger partial charge in [0.15, 0.2) is 5.82 Å². The van der Waals surface area contributed by atoms with Gasteiger partial charge in [-0.3, -0.25) is 4.90 Å². The van der Waals surface area contributed by atoms with E-state index in [0.717, 1.165) is 53.8 Å². The molecule has 2 N–H and O–H groups in total. The highest BCUT2D eigenvalue weighted by Gasteiger charge is 2.26. The first-order chi connectivity index (χ1) is 18.6. The molecule has 0 unspecified atom stereocenters. The topological polar surface area (TPSA) is 81.7 Å². The Hall–Kier alpha value is -1.91. The molecule has 0 amide bonds. The van der Waals surface area contributed by atoms with Gasteiger partial charge in [0.2, 0.25) is 0 Å². The molecule has 3 heterocycles. The van der Waals surface area contributed by atoms with Gasteiger partial charge >= 0.3 is 0 Å². The van der Waals surface area contributed by atoms with Crippen molar-refractivity contribution in [3.05, 3.63) is 30.1 Å². The fraction of sp³-hybridized carbons (Fsp3) is 0.667. The average Bonchev–Trinajstić information content (AvgIpc) is 3.26. The molecular formula is C30H48N6O2S. The second-order valence-corrected chi connectivity index (χ2v) is 13.4. The minimum absolute atomic E-state index is 0.329. The molecule has 0 bridgehead atoms. The summed E-state index contributed by atoms with van der Waals surface area (Å²) < 4.78 is 14.8. The van der Waals surface area contributed by atoms with Gasteiger partial charge in [0, 0.05) is 56.1 Å². The Morgan fingerprint density at radius 1 is 0.974 bits per heavy atom. The lowest BCUT2D eigenvalue weighted by Gasteiger charge is -2.38. The van der Waals surface area contributed by atoms with Crippen molar-refractivity contribution in [2.24, 2.45) is 0 Å². The first-order valence-electron chi connectivity index (χ1n) is 14.4. The van der Waals surface area contributed by atoms with Gasteiger partial charge in [-0.2, -0.15) is 11.8 Å². The minimum Gasteiger partial charge on any atom is -0.382 e. The Balaban J connectivity index is 1.33. The number of piperazine rings is 1. The third-order valence-corrected chi connectivity index (χ3v) is 8.88. The number of pyridine rings is 1. The van der Waals surface area contributed by atoms with Crippen molar-refractivity contribution in [3.8, 4) is 0 Å². The third-order valence-electron chi connectivity index (χ3n) is 7.65. The van der Waals surface area contributed by atoms with Gasteiger partial charge in [-0.1, -0.05) is 18.2 Å². The molecule has 1 aliphatic rings. The van der Waals surface area contributed by atoms with E-state index in [9.17, 15) is 0 Å². The number of unbranched alkanes of at least 4 members (excludes halogenated alkanes) is 1. The summed E-state index contributed by atoms with van der Waals surface area (Å²) in [6.07, 6.45) is 4.43. The fourth-order valence-electron chi connectivity index (χ4n) is 5.37. The van der Waals surface area contributed by atoms with Crippen LogP contribution in [0, 0.1) is 0 Å². The third kappa shape index (κ3) is 7.85. The van der Waals surface area contributed by atoms with Crippen molar-refractivity contribution in [3.63, 3.8) is 0 Å². The highest BCUT2D eigenvalue weighted by atomic mass is 32.2. The Morgan fingerprint density at radius 3 is 2.41 bits per heavy atom. The van der Waals surface area contributed by atoms with Crippen LogP contribution in [0.2, 0.25) is 0 Å². The monoisotopic (exact) mass is 556 g/mol. The van der Waals surface area contributed by atoms with E-state index < -0.39 is 0 Å². The standard InChI is InChI=1S/C30H48N6O2S/c1-7-37-20-25-33-26-27(23-12-8-9-13-24(23)32-28(26)31)36(25)21-29(2,3)38-19-11-10-14-34-15-17-35(18-16-34)22-30(4,5)39-6/h8-9,12-13H,7,10-11,14-22H2,1-6H3,(H2,31,32). The zero-order chi connectivity index (χ0) is 28.0. The van der Waals surface area contributed by atoms with Gasteiger partial charge < -0.3 is 24.7 Å². The second kappa shape index (κ2) is 13.2. The first kappa shape index (κ1) is 30.1. The number of benzene rings is 1. The first-order valence-corrected chi connectivity index (χ1v) is 15.6. The van der Waals surface area contributed by atoms with Gasteiger partial charge in [-0.15, -0.1) is 0 Å². The number of nitrogen functional groups attached to an aromatic ring is 1. The number of para-hydroxylation sites is 1. The lowest BCUT2D eigenvalue weighted by Crippen LogP contribution is -2.49. The Bertz CT molecular complexity index is 1220. The zero-order valence-corrected chi connectivity index (χ0v) is 25.6. The summed E-state index contributed by atoms with van der Waals surface area (Å²) in [5, 5.41) is 1.05. The van der Waals surface area contributed by atoms with Crippen LogP contribution >= 0.6 is 11.8 Å². The van der Waals surface area contributed by atoms with Crippen LogP contribution in [-0.4, -0.2) is 93.4 Å². The van der Waals surface area contributed by atoms with E-state index in [1.54, 1.807) is 0 Å². The van der Waals surface area contributed by atoms with Crippen LogP contribution in [0.1, 0.15) is 53.3 Å². The maximum absolute atomic E-state index is 6.46. The molecule has 1 fully saturated rings. The van der Waals surface area contributed by atoms with E-state index in [1.165, 1.54) is 32.7 Å². The highest BCUT2D eigenvalue weighted by molar-refractivity contribution is 7.99. The Kier molecular flexibility index (Phi) is 10.1. The van der Waals surface area contributed by atoms with Crippen LogP contribution in [0.4, 0.5) is 5.82 Å². The number of imidazole rings is 1. The molecule has 39 heavy (non-hydrogen) atoms. The van der Waals surface area contributed by atoms with E-state index in [-0.39, 0.29) is 5.60 Å². The molecule has 1 saturated heterocycles. The zero-order valence-electron chi connectivity index (χ0n) is 24.8. The summed E-state index contributed by atoms with van der Waals surface area (Å²) in [7, 11) is 0. The van der Waals surface area contributed by atoms with Crippen LogP contribution in [0.5, 0.6) is 0 Å². The molecule has 4 rings (SSSR count). The number of aromatic nitrogens is 3. The molecule has 0 atom stereocenters. The van der Waals surface area contributed by atoms with E-state index in [0.29, 0.717) is 30.3 Å². The molecule has 1 aromatic carbocycles. The van der Waals surface area contributed by atoms with Crippen molar-refractivity contribution in [1.82, 2.24) is 24.3 Å². The van der Waals surface area contributed by atoms with Gasteiger partial charge in [0.1, 0.15) is 17.9 Å². The van der Waals surface area contributed by atoms with Crippen LogP contribution in [0.3, 0.4) is 0 Å². The summed E-state index contributed by atoms with van der Waals surface area (Å²) in [6, 6.07) is 8.11. The maximum Gasteiger partial charge on any atom is 0.152 e. The number of nitrogens with two attached hydrogens (primary N) is 1. The number of thioether (sulfide) groups is 1. The van der Waals surface area contributed by atoms with Crippen molar-refractivity contribution >= 4 is 39.5 Å². The smallest absolute Gasteiger partial charge is 0.152 e. The summed E-state index contributed by atoms with van der Waals surface area (Å²) in [6.45, 7) is 20.4. The molecule has 0 saturated carbocycles. The van der Waals surface area contributed by atoms with Crippen molar-refractivity contribution < 1.29 is 9.47 Å². The molecule has 0 aliphatic carbocycles. The lowest BCUT2D eigenvalue weighted by molar-refractivity contribution is -0.0321. The normalized spacial score (nSPS) is 16.1. The van der Waals surface area contributed by atoms with Gasteiger partial charge in [-0.25, -0.2) is 9.97 Å². The molecule has 3 aromatic rings. The number of nitrogens with zero attached hydrogens (tertiary/aromatic N) is 5. The number of anilines is 1. The molecule has 9 heteroatoms. The predicted molar refractivity (Wildman–Crippen MR) is 165 cm³/mol. The van der Waals surface area contributed by atoms with Crippen molar-refractivity contribution in [2.75, 3.05) is 64.5 Å². The predicted octanol–water partition coefficient (Wildman–Crippen LogP) is 5.04. The van der Waals surface area contributed by atoms with Gasteiger partial charge in [-0.05, 0) is 66.3 Å². The van der Waals surface area contributed by atoms with Crippen LogP contribution in [0.25, 0.3) is 21.9 Å². The number of rotatable bonds is 14. The molecule has 216 valence electrons. The summed E-state index contributed by atoms with van der Waals surface area (Å²) in [5.41, 5.74) is 8.59. The Labute approximate surface area is 238 Å². The summed E-state index contributed by atoms with van der Waals surface area (Å²) >= 11 is 1.96. The van der Waals surface area contributed by atoms with E-state index in [4.69, 9.17) is 20.2 Å². The Morgan fingerprint density at radius 2 is 1.69 bits per heavy atom. The summed E-state index contributed by atoms with van der Waals surface area (Å²) in [5.74, 6) is 1.31. The van der Waals surface area contributed by atoms with E-state index in [1.807, 2.05) is 36.9 Å². The SMILES string of the molecule is CCOCc1nc2c(N)nc3ccccc3c2n1CC(C)(C)OCCCCN1CCN(CC(C)(C)SC)CC1. The second-order valence-electron chi connectivity index (χ2n) is 11.9. The van der Waals surface area contributed by atoms with Crippen LogP contribution in [0.15, 0.2) is 24.3 Å². The number of ether oxygens (including phenoxy) is 2. The number of fused-ring (bicyclic) bond motifs is 3. The molecule has 2 aromatic heterocycles. The molecule has 8 nitrogen and oxygen atoms in total. The molecule has 0 radical (unpaired) electrons. The number of hydrogen-bond donors (Lipinski definition) is 1. The molecular weight excluding hydrogens is 508 g/mol.